The number of benzene rings is 2. The van der Waals surface area contributed by atoms with Gasteiger partial charge in [-0.25, -0.2) is 9.37 Å². The van der Waals surface area contributed by atoms with Gasteiger partial charge in [0.25, 0.3) is 5.56 Å². The summed E-state index contributed by atoms with van der Waals surface area (Å²) in [5, 5.41) is 0. The van der Waals surface area contributed by atoms with E-state index in [0.29, 0.717) is 41.5 Å². The number of nitrogens with zero attached hydrogens (tertiary/aromatic N) is 2. The van der Waals surface area contributed by atoms with Gasteiger partial charge in [-0.1, -0.05) is 0 Å². The van der Waals surface area contributed by atoms with Gasteiger partial charge in [0.15, 0.2) is 0 Å². The van der Waals surface area contributed by atoms with Crippen LogP contribution in [0.2, 0.25) is 0 Å². The van der Waals surface area contributed by atoms with E-state index in [9.17, 15) is 9.18 Å². The average Bonchev–Trinajstić information content (AvgIpc) is 3.20. The Labute approximate surface area is 182 Å². The number of ether oxygens (including phenoxy) is 2. The molecule has 8 heteroatoms. The summed E-state index contributed by atoms with van der Waals surface area (Å²) in [6, 6.07) is 15.6. The van der Waals surface area contributed by atoms with E-state index < -0.39 is 0 Å². The standard InChI is InChI=1S/C23H22FN3O3S/c1-27(11-12-30-18-9-5-16(24)6-10-18)14-21-25-19-13-20(31-22(19)23(28)26-21)15-3-7-17(29-2)8-4-15/h3-10,13H,11-12,14H2,1-2H3,(H,25,26,28). The van der Waals surface area contributed by atoms with Crippen LogP contribution in [0.15, 0.2) is 59.4 Å². The molecule has 0 spiro atoms. The molecule has 2 heterocycles. The number of aromatic amines is 1. The van der Waals surface area contributed by atoms with Crippen molar-refractivity contribution in [2.45, 2.75) is 6.54 Å². The first-order valence-electron chi connectivity index (χ1n) is 9.76. The van der Waals surface area contributed by atoms with Crippen LogP contribution in [0, 0.1) is 5.82 Å². The SMILES string of the molecule is COc1ccc(-c2cc3nc(CN(C)CCOc4ccc(F)cc4)[nH]c(=O)c3s2)cc1. The van der Waals surface area contributed by atoms with E-state index in [1.807, 2.05) is 42.3 Å². The highest BCUT2D eigenvalue weighted by molar-refractivity contribution is 7.22. The highest BCUT2D eigenvalue weighted by Crippen LogP contribution is 2.31. The van der Waals surface area contributed by atoms with Crippen LogP contribution in [-0.2, 0) is 6.54 Å². The third-order valence-corrected chi connectivity index (χ3v) is 5.95. The predicted octanol–water partition coefficient (Wildman–Crippen LogP) is 4.31. The van der Waals surface area contributed by atoms with Gasteiger partial charge >= 0.3 is 0 Å². The lowest BCUT2D eigenvalue weighted by molar-refractivity contribution is 0.229. The average molecular weight is 440 g/mol. The molecule has 0 aliphatic carbocycles. The topological polar surface area (TPSA) is 67.5 Å². The van der Waals surface area contributed by atoms with Gasteiger partial charge in [0.1, 0.15) is 34.4 Å². The summed E-state index contributed by atoms with van der Waals surface area (Å²) in [5.41, 5.74) is 1.56. The van der Waals surface area contributed by atoms with Crippen LogP contribution < -0.4 is 15.0 Å². The van der Waals surface area contributed by atoms with Crippen molar-refractivity contribution in [3.63, 3.8) is 0 Å². The summed E-state index contributed by atoms with van der Waals surface area (Å²) in [6.45, 7) is 1.54. The van der Waals surface area contributed by atoms with E-state index in [0.717, 1.165) is 16.2 Å². The minimum absolute atomic E-state index is 0.138. The second-order valence-electron chi connectivity index (χ2n) is 7.11. The molecule has 0 saturated heterocycles. The van der Waals surface area contributed by atoms with Gasteiger partial charge in [0, 0.05) is 11.4 Å². The van der Waals surface area contributed by atoms with Crippen LogP contribution in [0.1, 0.15) is 5.82 Å². The normalized spacial score (nSPS) is 11.2. The number of hydrogen-bond acceptors (Lipinski definition) is 6. The van der Waals surface area contributed by atoms with E-state index in [1.165, 1.54) is 23.5 Å². The van der Waals surface area contributed by atoms with Gasteiger partial charge in [0.2, 0.25) is 0 Å². The van der Waals surface area contributed by atoms with Crippen molar-refractivity contribution in [1.82, 2.24) is 14.9 Å². The molecule has 0 fully saturated rings. The molecule has 2 aromatic carbocycles. The summed E-state index contributed by atoms with van der Waals surface area (Å²) < 4.78 is 24.4. The highest BCUT2D eigenvalue weighted by Gasteiger charge is 2.12. The Balaban J connectivity index is 1.42. The molecule has 160 valence electrons. The quantitative estimate of drug-likeness (QED) is 0.443. The van der Waals surface area contributed by atoms with Crippen molar-refractivity contribution in [2.24, 2.45) is 0 Å². The lowest BCUT2D eigenvalue weighted by Gasteiger charge is -2.16. The maximum absolute atomic E-state index is 12.9. The maximum Gasteiger partial charge on any atom is 0.268 e. The Hall–Kier alpha value is -3.23. The third-order valence-electron chi connectivity index (χ3n) is 4.78. The summed E-state index contributed by atoms with van der Waals surface area (Å²) in [4.78, 5) is 23.1. The molecule has 0 saturated carbocycles. The van der Waals surface area contributed by atoms with Gasteiger partial charge in [-0.3, -0.25) is 9.69 Å². The Morgan fingerprint density at radius 1 is 1.10 bits per heavy atom. The van der Waals surface area contributed by atoms with E-state index >= 15 is 0 Å². The Bertz CT molecular complexity index is 1220. The fourth-order valence-corrected chi connectivity index (χ4v) is 4.14. The smallest absolute Gasteiger partial charge is 0.268 e. The monoisotopic (exact) mass is 439 g/mol. The van der Waals surface area contributed by atoms with E-state index in [2.05, 4.69) is 9.97 Å². The molecular weight excluding hydrogens is 417 g/mol. The summed E-state index contributed by atoms with van der Waals surface area (Å²) in [6.07, 6.45) is 0. The lowest BCUT2D eigenvalue weighted by atomic mass is 10.2. The molecule has 31 heavy (non-hydrogen) atoms. The predicted molar refractivity (Wildman–Crippen MR) is 120 cm³/mol. The summed E-state index contributed by atoms with van der Waals surface area (Å²) in [5.74, 6) is 1.71. The minimum atomic E-state index is -0.293. The first kappa shape index (κ1) is 21.0. The molecule has 0 aliphatic heterocycles. The zero-order valence-corrected chi connectivity index (χ0v) is 18.0. The molecule has 0 unspecified atom stereocenters. The zero-order valence-electron chi connectivity index (χ0n) is 17.2. The van der Waals surface area contributed by atoms with E-state index in [-0.39, 0.29) is 11.4 Å². The minimum Gasteiger partial charge on any atom is -0.497 e. The van der Waals surface area contributed by atoms with Crippen molar-refractivity contribution >= 4 is 21.6 Å². The van der Waals surface area contributed by atoms with Crippen molar-refractivity contribution in [3.05, 3.63) is 76.6 Å². The molecule has 4 rings (SSSR count). The number of hydrogen-bond donors (Lipinski definition) is 1. The van der Waals surface area contributed by atoms with Crippen molar-refractivity contribution in [3.8, 4) is 21.9 Å². The van der Waals surface area contributed by atoms with Crippen LogP contribution >= 0.6 is 11.3 Å². The molecule has 0 bridgehead atoms. The number of halogens is 1. The van der Waals surface area contributed by atoms with Crippen LogP contribution in [0.25, 0.3) is 20.7 Å². The summed E-state index contributed by atoms with van der Waals surface area (Å²) in [7, 11) is 3.56. The largest absolute Gasteiger partial charge is 0.497 e. The molecule has 1 N–H and O–H groups in total. The summed E-state index contributed by atoms with van der Waals surface area (Å²) >= 11 is 1.42. The van der Waals surface area contributed by atoms with E-state index in [4.69, 9.17) is 9.47 Å². The van der Waals surface area contributed by atoms with Gasteiger partial charge in [-0.2, -0.15) is 0 Å². The maximum atomic E-state index is 12.9. The Morgan fingerprint density at radius 2 is 1.81 bits per heavy atom. The number of fused-ring (bicyclic) bond motifs is 1. The fourth-order valence-electron chi connectivity index (χ4n) is 3.15. The number of thiophene rings is 1. The van der Waals surface area contributed by atoms with Crippen molar-refractivity contribution in [1.29, 1.82) is 0 Å². The number of aromatic nitrogens is 2. The van der Waals surface area contributed by atoms with E-state index in [1.54, 1.807) is 19.2 Å². The molecule has 0 atom stereocenters. The lowest BCUT2D eigenvalue weighted by Crippen LogP contribution is -2.26. The third kappa shape index (κ3) is 5.10. The zero-order chi connectivity index (χ0) is 21.8. The second-order valence-corrected chi connectivity index (χ2v) is 8.16. The van der Waals surface area contributed by atoms with Gasteiger partial charge in [0.05, 0.1) is 19.2 Å². The Kier molecular flexibility index (Phi) is 6.29. The van der Waals surface area contributed by atoms with Gasteiger partial charge < -0.3 is 14.5 Å². The van der Waals surface area contributed by atoms with Crippen LogP contribution in [0.4, 0.5) is 4.39 Å². The molecule has 0 aliphatic rings. The number of methoxy groups -OCH3 is 1. The first-order chi connectivity index (χ1) is 15.0. The fraction of sp³-hybridized carbons (Fsp3) is 0.217. The molecule has 0 radical (unpaired) electrons. The molecule has 2 aromatic heterocycles. The van der Waals surface area contributed by atoms with Gasteiger partial charge in [-0.05, 0) is 67.2 Å². The van der Waals surface area contributed by atoms with Crippen molar-refractivity contribution in [2.75, 3.05) is 27.3 Å². The van der Waals surface area contributed by atoms with Gasteiger partial charge in [-0.15, -0.1) is 11.3 Å². The highest BCUT2D eigenvalue weighted by atomic mass is 32.1. The first-order valence-corrected chi connectivity index (χ1v) is 10.6. The molecule has 4 aromatic rings. The molecular formula is C23H22FN3O3S. The number of H-pyrrole nitrogens is 1. The number of likely N-dealkylation sites (N-methyl/N-ethyl adjacent to an activating group) is 1. The van der Waals surface area contributed by atoms with Crippen LogP contribution in [0.3, 0.4) is 0 Å². The number of rotatable bonds is 8. The van der Waals surface area contributed by atoms with Crippen molar-refractivity contribution < 1.29 is 13.9 Å². The second kappa shape index (κ2) is 9.28. The van der Waals surface area contributed by atoms with Crippen LogP contribution in [0.5, 0.6) is 11.5 Å². The molecule has 0 amide bonds. The number of nitrogens with one attached hydrogen (secondary N) is 1. The molecule has 6 nitrogen and oxygen atoms in total. The van der Waals surface area contributed by atoms with Crippen LogP contribution in [-0.4, -0.2) is 42.2 Å². The Morgan fingerprint density at radius 3 is 2.52 bits per heavy atom.